The number of primary amides is 1. The number of fused-ring (bicyclic) bond motifs is 3. The molecule has 0 bridgehead atoms. The molecule has 1 aromatic carbocycles. The number of aliphatic hydroxyl groups is 1. The van der Waals surface area contributed by atoms with E-state index >= 15 is 4.39 Å². The average Bonchev–Trinajstić information content (AvgIpc) is 3.50. The van der Waals surface area contributed by atoms with Gasteiger partial charge in [0.25, 0.3) is 11.8 Å². The third kappa shape index (κ3) is 7.14. The number of hydrogen-bond donors (Lipinski definition) is 3. The maximum Gasteiger partial charge on any atom is 0.253 e. The number of nitrogens with one attached hydrogen (secondary N) is 1. The van der Waals surface area contributed by atoms with Crippen LogP contribution in [0, 0.1) is 11.2 Å². The van der Waals surface area contributed by atoms with Crippen molar-refractivity contribution in [3.63, 3.8) is 0 Å². The number of carbonyl (C=O) groups is 1. The van der Waals surface area contributed by atoms with Gasteiger partial charge in [0.05, 0.1) is 39.2 Å². The summed E-state index contributed by atoms with van der Waals surface area (Å²) in [5.41, 5.74) is 9.97. The minimum atomic E-state index is -2.47. The maximum absolute atomic E-state index is 15.3. The lowest BCUT2D eigenvalue weighted by atomic mass is 9.89. The number of rotatable bonds is 6. The monoisotopic (exact) mass is 622 g/mol. The van der Waals surface area contributed by atoms with Gasteiger partial charge in [-0.3, -0.25) is 9.00 Å². The number of nitrogens with two attached hydrogens (primary N) is 1. The number of anilines is 1. The quantitative estimate of drug-likeness (QED) is 0.404. The van der Waals surface area contributed by atoms with Crippen molar-refractivity contribution in [2.45, 2.75) is 101 Å². The summed E-state index contributed by atoms with van der Waals surface area (Å²) in [6.07, 6.45) is 8.99. The van der Waals surface area contributed by atoms with Crippen LogP contribution in [0.15, 0.2) is 17.0 Å². The molecular formula is C32H45F3N4O3S. The first-order chi connectivity index (χ1) is 20.4. The molecule has 0 spiro atoms. The van der Waals surface area contributed by atoms with Gasteiger partial charge in [-0.05, 0) is 61.6 Å². The van der Waals surface area contributed by atoms with E-state index in [1.807, 2.05) is 11.0 Å². The van der Waals surface area contributed by atoms with Crippen molar-refractivity contribution in [1.29, 1.82) is 0 Å². The zero-order chi connectivity index (χ0) is 30.9. The first-order valence-corrected chi connectivity index (χ1v) is 17.0. The van der Waals surface area contributed by atoms with Crippen LogP contribution in [-0.4, -0.2) is 68.6 Å². The Kier molecular flexibility index (Phi) is 9.63. The first-order valence-electron chi connectivity index (χ1n) is 15.6. The standard InChI is InChI=1S/C25H32FN3O2S.C7H13F2NO/c1-25(2)13-21-23(32(31)14-25)17-9-6-10-20(17)29(21)16-11-18(26)22(24(27)30)19(12-16)28-15-7-4-3-5-8-15;8-7(9)1-3-10(4-2-7)5-6-11/h11-12,15,28H,3-10,13-14H2,1-2H3,(H2,27,30);11H,1-6H2. The normalized spacial score (nSPS) is 23.2. The van der Waals surface area contributed by atoms with Crippen LogP contribution in [0.4, 0.5) is 18.9 Å². The third-order valence-corrected chi connectivity index (χ3v) is 11.2. The second kappa shape index (κ2) is 12.9. The van der Waals surface area contributed by atoms with Gasteiger partial charge in [0.2, 0.25) is 0 Å². The molecule has 2 aliphatic heterocycles. The van der Waals surface area contributed by atoms with Gasteiger partial charge in [0.1, 0.15) is 5.82 Å². The van der Waals surface area contributed by atoms with Crippen molar-refractivity contribution in [3.8, 4) is 5.69 Å². The van der Waals surface area contributed by atoms with Gasteiger partial charge < -0.3 is 25.6 Å². The highest BCUT2D eigenvalue weighted by atomic mass is 32.2. The summed E-state index contributed by atoms with van der Waals surface area (Å²) in [5.74, 6) is -3.17. The number of halogens is 3. The minimum absolute atomic E-state index is 0.0611. The molecule has 1 amide bonds. The third-order valence-electron chi connectivity index (χ3n) is 9.21. The van der Waals surface area contributed by atoms with E-state index in [1.165, 1.54) is 18.1 Å². The molecule has 1 unspecified atom stereocenters. The minimum Gasteiger partial charge on any atom is -0.395 e. The van der Waals surface area contributed by atoms with Gasteiger partial charge in [0.15, 0.2) is 0 Å². The Labute approximate surface area is 254 Å². The van der Waals surface area contributed by atoms with Crippen LogP contribution in [0.2, 0.25) is 0 Å². The van der Waals surface area contributed by atoms with Crippen molar-refractivity contribution < 1.29 is 27.3 Å². The number of aromatic nitrogens is 1. The van der Waals surface area contributed by atoms with Crippen LogP contribution >= 0.6 is 0 Å². The fourth-order valence-corrected chi connectivity index (χ4v) is 9.00. The maximum atomic E-state index is 15.3. The lowest BCUT2D eigenvalue weighted by Gasteiger charge is -2.31. The molecule has 1 saturated heterocycles. The molecular weight excluding hydrogens is 577 g/mol. The predicted molar refractivity (Wildman–Crippen MR) is 163 cm³/mol. The molecule has 7 nitrogen and oxygen atoms in total. The number of piperidine rings is 1. The Hall–Kier alpha value is -2.37. The van der Waals surface area contributed by atoms with E-state index in [0.717, 1.165) is 67.6 Å². The van der Waals surface area contributed by atoms with Gasteiger partial charge in [0, 0.05) is 55.7 Å². The number of alkyl halides is 2. The number of β-amino-alcohol motifs (C(OH)–C–C–N with tert-alkyl or cyclic N) is 1. The average molecular weight is 623 g/mol. The lowest BCUT2D eigenvalue weighted by molar-refractivity contribution is -0.0569. The topological polar surface area (TPSA) is 101 Å². The molecule has 11 heteroatoms. The Balaban J connectivity index is 0.000000283. The molecule has 2 aliphatic carbocycles. The highest BCUT2D eigenvalue weighted by Crippen LogP contribution is 2.43. The van der Waals surface area contributed by atoms with Crippen LogP contribution in [0.3, 0.4) is 0 Å². The van der Waals surface area contributed by atoms with E-state index in [4.69, 9.17) is 10.8 Å². The van der Waals surface area contributed by atoms with Crippen LogP contribution in [0.25, 0.3) is 5.69 Å². The zero-order valence-electron chi connectivity index (χ0n) is 25.3. The molecule has 238 valence electrons. The smallest absolute Gasteiger partial charge is 0.253 e. The number of aliphatic hydroxyl groups excluding tert-OH is 1. The molecule has 6 rings (SSSR count). The molecule has 2 aromatic rings. The van der Waals surface area contributed by atoms with Crippen molar-refractivity contribution in [2.24, 2.45) is 11.1 Å². The van der Waals surface area contributed by atoms with Crippen LogP contribution in [-0.2, 0) is 30.1 Å². The van der Waals surface area contributed by atoms with Crippen molar-refractivity contribution >= 4 is 22.4 Å². The Morgan fingerprint density at radius 2 is 1.79 bits per heavy atom. The first kappa shape index (κ1) is 32.0. The molecule has 3 heterocycles. The number of hydrogen-bond acceptors (Lipinski definition) is 5. The van der Waals surface area contributed by atoms with E-state index in [9.17, 15) is 17.8 Å². The Morgan fingerprint density at radius 1 is 1.09 bits per heavy atom. The van der Waals surface area contributed by atoms with Crippen molar-refractivity contribution in [1.82, 2.24) is 9.47 Å². The molecule has 0 radical (unpaired) electrons. The van der Waals surface area contributed by atoms with E-state index in [1.54, 1.807) is 0 Å². The number of benzene rings is 1. The van der Waals surface area contributed by atoms with E-state index < -0.39 is 28.4 Å². The molecule has 1 saturated carbocycles. The van der Waals surface area contributed by atoms with Gasteiger partial charge in [-0.15, -0.1) is 0 Å². The highest BCUT2D eigenvalue weighted by molar-refractivity contribution is 7.85. The predicted octanol–water partition coefficient (Wildman–Crippen LogP) is 5.35. The molecule has 4 aliphatic rings. The van der Waals surface area contributed by atoms with Gasteiger partial charge in [-0.25, -0.2) is 13.2 Å². The fraction of sp³-hybridized carbons (Fsp3) is 0.656. The van der Waals surface area contributed by atoms with Crippen LogP contribution in [0.5, 0.6) is 0 Å². The van der Waals surface area contributed by atoms with Crippen molar-refractivity contribution in [3.05, 3.63) is 40.5 Å². The number of nitrogens with zero attached hydrogens (tertiary/aromatic N) is 2. The van der Waals surface area contributed by atoms with Gasteiger partial charge in [-0.2, -0.15) is 0 Å². The number of likely N-dealkylation sites (tertiary alicyclic amines) is 1. The Morgan fingerprint density at radius 3 is 2.44 bits per heavy atom. The summed E-state index contributed by atoms with van der Waals surface area (Å²) in [5, 5.41) is 12.0. The molecule has 1 atom stereocenters. The second-order valence-electron chi connectivity index (χ2n) is 13.3. The summed E-state index contributed by atoms with van der Waals surface area (Å²) >= 11 is 0. The molecule has 2 fully saturated rings. The summed E-state index contributed by atoms with van der Waals surface area (Å²) < 4.78 is 55.7. The zero-order valence-corrected chi connectivity index (χ0v) is 26.1. The lowest BCUT2D eigenvalue weighted by Crippen LogP contribution is -2.40. The molecule has 43 heavy (non-hydrogen) atoms. The van der Waals surface area contributed by atoms with Crippen molar-refractivity contribution in [2.75, 3.05) is 37.3 Å². The summed E-state index contributed by atoms with van der Waals surface area (Å²) in [6.45, 7) is 5.69. The largest absolute Gasteiger partial charge is 0.395 e. The summed E-state index contributed by atoms with van der Waals surface area (Å²) in [6, 6.07) is 3.52. The fourth-order valence-electron chi connectivity index (χ4n) is 7.13. The second-order valence-corrected chi connectivity index (χ2v) is 14.7. The SMILES string of the molecule is CC1(C)Cc2c(c3c(n2-c2cc(F)c(C(N)=O)c(NC4CCCCC4)c2)CCC3)S(=O)C1.OCCN1CCC(F)(F)CC1. The van der Waals surface area contributed by atoms with E-state index in [-0.39, 0.29) is 36.5 Å². The highest BCUT2D eigenvalue weighted by Gasteiger charge is 2.39. The molecule has 1 aromatic heterocycles. The molecule has 4 N–H and O–H groups in total. The summed E-state index contributed by atoms with van der Waals surface area (Å²) in [7, 11) is -1.05. The Bertz CT molecular complexity index is 1360. The number of carbonyl (C=O) groups excluding carboxylic acids is 1. The summed E-state index contributed by atoms with van der Waals surface area (Å²) in [4.78, 5) is 15.0. The van der Waals surface area contributed by atoms with E-state index in [2.05, 4.69) is 23.7 Å². The number of amides is 1. The van der Waals surface area contributed by atoms with Crippen LogP contribution in [0.1, 0.15) is 92.5 Å². The van der Waals surface area contributed by atoms with Gasteiger partial charge in [-0.1, -0.05) is 33.1 Å². The van der Waals surface area contributed by atoms with Crippen LogP contribution < -0.4 is 11.1 Å². The van der Waals surface area contributed by atoms with E-state index in [0.29, 0.717) is 36.8 Å². The van der Waals surface area contributed by atoms with Gasteiger partial charge >= 0.3 is 0 Å².